The number of halogens is 1. The molecular weight excluding hydrogens is 752 g/mol. The van der Waals surface area contributed by atoms with Crippen LogP contribution < -0.4 is 21.3 Å². The maximum absolute atomic E-state index is 14.7. The van der Waals surface area contributed by atoms with Crippen molar-refractivity contribution in [1.29, 1.82) is 0 Å². The number of ether oxygens (including phenoxy) is 6. The van der Waals surface area contributed by atoms with Gasteiger partial charge in [-0.25, -0.2) is 14.4 Å². The van der Waals surface area contributed by atoms with Crippen LogP contribution in [-0.2, 0) is 39.6 Å². The zero-order chi connectivity index (χ0) is 40.6. The van der Waals surface area contributed by atoms with E-state index < -0.39 is 115 Å². The van der Waals surface area contributed by atoms with Gasteiger partial charge in [-0.3, -0.25) is 15.0 Å². The number of primary amides is 1. The van der Waals surface area contributed by atoms with E-state index in [4.69, 9.17) is 45.8 Å². The number of phenols is 1. The van der Waals surface area contributed by atoms with Gasteiger partial charge in [0.2, 0.25) is 5.91 Å². The highest BCUT2D eigenvalue weighted by molar-refractivity contribution is 6.35. The summed E-state index contributed by atoms with van der Waals surface area (Å²) in [6.07, 6.45) is -12.3. The predicted molar refractivity (Wildman–Crippen MR) is 190 cm³/mol. The summed E-state index contributed by atoms with van der Waals surface area (Å²) in [5.41, 5.74) is 2.72. The zero-order valence-electron chi connectivity index (χ0n) is 30.7. The average molecular weight is 799 g/mol. The van der Waals surface area contributed by atoms with Crippen LogP contribution in [0.5, 0.6) is 5.75 Å². The number of methoxy groups -OCH3 is 1. The molecule has 0 saturated carbocycles. The molecule has 0 aliphatic carbocycles. The summed E-state index contributed by atoms with van der Waals surface area (Å²) in [7, 11) is 2.66. The van der Waals surface area contributed by atoms with E-state index in [1.807, 2.05) is 0 Å². The van der Waals surface area contributed by atoms with Crippen molar-refractivity contribution < 1.29 is 73.1 Å². The van der Waals surface area contributed by atoms with Crippen molar-refractivity contribution in [2.75, 3.05) is 25.7 Å². The van der Waals surface area contributed by atoms with Crippen molar-refractivity contribution in [3.63, 3.8) is 0 Å². The molecular formula is C35H47ClN4O15. The molecule has 19 nitrogen and oxygen atoms in total. The molecule has 5 rings (SSSR count). The van der Waals surface area contributed by atoms with Crippen molar-refractivity contribution in [2.24, 2.45) is 11.7 Å². The van der Waals surface area contributed by atoms with E-state index in [0.29, 0.717) is 11.1 Å². The number of hydrogen-bond donors (Lipinski definition) is 8. The van der Waals surface area contributed by atoms with Crippen LogP contribution in [0.3, 0.4) is 0 Å². The van der Waals surface area contributed by atoms with E-state index in [9.17, 15) is 44.7 Å². The number of epoxide rings is 1. The lowest BCUT2D eigenvalue weighted by Crippen LogP contribution is -2.65. The first-order chi connectivity index (χ1) is 25.9. The molecule has 0 radical (unpaired) electrons. The van der Waals surface area contributed by atoms with E-state index in [-0.39, 0.29) is 23.6 Å². The van der Waals surface area contributed by atoms with E-state index >= 15 is 0 Å². The van der Waals surface area contributed by atoms with Crippen LogP contribution in [-0.4, -0.2) is 137 Å². The van der Waals surface area contributed by atoms with Crippen LogP contribution in [0.15, 0.2) is 35.9 Å². The van der Waals surface area contributed by atoms with Gasteiger partial charge in [0.25, 0.3) is 0 Å². The average Bonchev–Trinajstić information content (AvgIpc) is 3.82. The molecule has 9 N–H and O–H groups in total. The molecule has 4 aliphatic rings. The minimum absolute atomic E-state index is 0.148. The first kappa shape index (κ1) is 41.9. The van der Waals surface area contributed by atoms with Gasteiger partial charge in [-0.1, -0.05) is 42.3 Å². The number of fused-ring (bicyclic) bond motifs is 5. The molecule has 304 valence electrons. The molecule has 3 saturated heterocycles. The summed E-state index contributed by atoms with van der Waals surface area (Å²) in [5.74, 6) is -2.07. The molecule has 0 aromatic heterocycles. The Morgan fingerprint density at radius 2 is 1.91 bits per heavy atom. The number of alkyl carbamates (subject to hydrolysis) is 2. The van der Waals surface area contributed by atoms with Crippen LogP contribution >= 0.6 is 11.6 Å². The van der Waals surface area contributed by atoms with E-state index in [2.05, 4.69) is 10.6 Å². The van der Waals surface area contributed by atoms with Crippen molar-refractivity contribution in [2.45, 2.75) is 106 Å². The molecule has 12 atom stereocenters. The fourth-order valence-electron chi connectivity index (χ4n) is 7.39. The first-order valence-corrected chi connectivity index (χ1v) is 17.8. The molecule has 0 unspecified atom stereocenters. The van der Waals surface area contributed by atoms with Gasteiger partial charge in [0.05, 0.1) is 24.8 Å². The summed E-state index contributed by atoms with van der Waals surface area (Å²) in [6.45, 7) is 4.15. The summed E-state index contributed by atoms with van der Waals surface area (Å²) in [5, 5.41) is 59.8. The molecule has 4 amide bonds. The summed E-state index contributed by atoms with van der Waals surface area (Å²) < 4.78 is 33.8. The Morgan fingerprint density at radius 1 is 1.20 bits per heavy atom. The number of rotatable bonds is 5. The van der Waals surface area contributed by atoms with Gasteiger partial charge in [-0.15, -0.1) is 0 Å². The maximum Gasteiger partial charge on any atom is 0.409 e. The lowest BCUT2D eigenvalue weighted by Gasteiger charge is -2.45. The predicted octanol–water partition coefficient (Wildman–Crippen LogP) is 0.451. The van der Waals surface area contributed by atoms with Crippen molar-refractivity contribution in [3.8, 4) is 5.75 Å². The van der Waals surface area contributed by atoms with Gasteiger partial charge in [-0.05, 0) is 38.0 Å². The number of carbonyl (C=O) groups is 4. The molecule has 0 spiro atoms. The normalized spacial score (nSPS) is 37.7. The molecule has 55 heavy (non-hydrogen) atoms. The van der Waals surface area contributed by atoms with Crippen LogP contribution in [0.2, 0.25) is 5.02 Å². The number of carbonyl (C=O) groups excluding carboxylic acids is 4. The summed E-state index contributed by atoms with van der Waals surface area (Å²) in [4.78, 5) is 52.7. The molecule has 4 aliphatic heterocycles. The van der Waals surface area contributed by atoms with E-state index in [0.717, 1.165) is 4.90 Å². The van der Waals surface area contributed by atoms with Crippen LogP contribution in [0, 0.1) is 5.92 Å². The van der Waals surface area contributed by atoms with Gasteiger partial charge in [0.15, 0.2) is 18.1 Å². The first-order valence-electron chi connectivity index (χ1n) is 17.4. The van der Waals surface area contributed by atoms with Crippen LogP contribution in [0.25, 0.3) is 0 Å². The SMILES string of the molecule is CNC(=O)O[C@H]1CC(=O)N([C@H]2O[C@@H](CO)[C@H](OC(N)=O)[C@@H](O)[C@@H]2O)c2cc(cc(O)c2Cl)C/C(C)=C\C=C[C@@H](OC)[C@@]2(O)C[C@H](OC(=O)N2)[C@@H](C)[C@@H]2O[C@@]12C. The molecule has 20 heteroatoms. The highest BCUT2D eigenvalue weighted by Crippen LogP contribution is 2.49. The topological polar surface area (TPSA) is 281 Å². The molecule has 1 aromatic carbocycles. The van der Waals surface area contributed by atoms with Crippen LogP contribution in [0.1, 0.15) is 39.2 Å². The third kappa shape index (κ3) is 8.63. The molecule has 4 bridgehead atoms. The Labute approximate surface area is 320 Å². The fourth-order valence-corrected chi connectivity index (χ4v) is 7.59. The molecule has 1 aromatic rings. The lowest BCUT2D eigenvalue weighted by atomic mass is 9.83. The summed E-state index contributed by atoms with van der Waals surface area (Å²) in [6, 6.07) is 2.78. The highest BCUT2D eigenvalue weighted by Gasteiger charge is 2.65. The largest absolute Gasteiger partial charge is 0.506 e. The number of hydrogen-bond acceptors (Lipinski definition) is 15. The van der Waals surface area contributed by atoms with Crippen LogP contribution in [0.4, 0.5) is 20.1 Å². The lowest BCUT2D eigenvalue weighted by molar-refractivity contribution is -0.227. The van der Waals surface area contributed by atoms with Gasteiger partial charge in [0.1, 0.15) is 53.0 Å². The summed E-state index contributed by atoms with van der Waals surface area (Å²) >= 11 is 6.65. The van der Waals surface area contributed by atoms with Crippen molar-refractivity contribution in [1.82, 2.24) is 10.6 Å². The number of aliphatic hydroxyl groups excluding tert-OH is 3. The number of aromatic hydroxyl groups is 1. The molecule has 4 heterocycles. The zero-order valence-corrected chi connectivity index (χ0v) is 31.5. The Hall–Kier alpha value is -4.21. The second kappa shape index (κ2) is 16.5. The number of nitrogens with one attached hydrogen (secondary N) is 2. The van der Waals surface area contributed by atoms with E-state index in [1.54, 1.807) is 39.0 Å². The van der Waals surface area contributed by atoms with Gasteiger partial charge < -0.3 is 65.0 Å². The van der Waals surface area contributed by atoms with Crippen molar-refractivity contribution in [3.05, 3.63) is 46.5 Å². The molecule has 3 fully saturated rings. The maximum atomic E-state index is 14.7. The van der Waals surface area contributed by atoms with E-state index in [1.165, 1.54) is 26.3 Å². The second-order valence-corrected chi connectivity index (χ2v) is 14.6. The Bertz CT molecular complexity index is 1710. The minimum atomic E-state index is -2.03. The number of phenolic OH excluding ortho intramolecular Hbond substituents is 1. The smallest absolute Gasteiger partial charge is 0.409 e. The van der Waals surface area contributed by atoms with Gasteiger partial charge >= 0.3 is 18.3 Å². The number of benzene rings is 1. The number of allylic oxidation sites excluding steroid dienone is 3. The number of aliphatic hydroxyl groups is 4. The highest BCUT2D eigenvalue weighted by atomic mass is 35.5. The number of nitrogens with zero attached hydrogens (tertiary/aromatic N) is 1. The Morgan fingerprint density at radius 3 is 2.55 bits per heavy atom. The third-order valence-electron chi connectivity index (χ3n) is 10.3. The number of anilines is 1. The number of nitrogens with two attached hydrogens (primary N) is 1. The monoisotopic (exact) mass is 798 g/mol. The quantitative estimate of drug-likeness (QED) is 0.148. The Balaban J connectivity index is 1.66. The van der Waals surface area contributed by atoms with Gasteiger partial charge in [0, 0.05) is 26.5 Å². The fraction of sp³-hybridized carbons (Fsp3) is 0.600. The third-order valence-corrected chi connectivity index (χ3v) is 10.7. The number of amides is 4. The Kier molecular flexibility index (Phi) is 12.6. The van der Waals surface area contributed by atoms with Crippen molar-refractivity contribution >= 4 is 41.5 Å². The second-order valence-electron chi connectivity index (χ2n) is 14.2. The van der Waals surface area contributed by atoms with Gasteiger partial charge in [-0.2, -0.15) is 0 Å². The minimum Gasteiger partial charge on any atom is -0.506 e. The standard InChI is InChI=1S/C35H47ClN4O15/c1-15-7-6-8-22(50-5)35(49)13-20(52-33(48)39-35)16(2)29-34(3,55-29)23(53-32(47)38-4)12-24(43)40(18-10-17(9-15)11-19(42)25(18)36)30-27(45)26(44)28(54-31(37)46)21(14-41)51-30/h6-8,10-11,16,20-23,26-30,41-42,44-45,49H,9,12-14H2,1-5H3,(H2,37,46)(H,38,47)(H,39,48)/b8-6?,15-7-/t16-,20+,21+,22-,23+,26+,27+,28+,29+,30+,34+,35+/m1/s1.